The quantitative estimate of drug-likeness (QED) is 0.858. The van der Waals surface area contributed by atoms with Crippen molar-refractivity contribution < 1.29 is 0 Å². The van der Waals surface area contributed by atoms with E-state index in [9.17, 15) is 0 Å². The summed E-state index contributed by atoms with van der Waals surface area (Å²) in [5.74, 6) is 1.12. The normalized spacial score (nSPS) is 15.2. The zero-order valence-corrected chi connectivity index (χ0v) is 10.1. The maximum atomic E-state index is 5.89. The number of nitrogens with zero attached hydrogens (tertiary/aromatic N) is 3. The minimum atomic E-state index is 0.548. The Balaban J connectivity index is 2.11. The SMILES string of the molecule is Cc1ccc(-n2nnc(N)c2C2CC2)cc1C. The standard InChI is InChI=1S/C13H16N4/c1-8-3-6-11(7-9(8)2)17-12(10-4-5-10)13(14)15-16-17/h3,6-7,10H,4-5,14H2,1-2H3. The van der Waals surface area contributed by atoms with Gasteiger partial charge in [0.15, 0.2) is 5.82 Å². The topological polar surface area (TPSA) is 56.7 Å². The van der Waals surface area contributed by atoms with E-state index < -0.39 is 0 Å². The van der Waals surface area contributed by atoms with Gasteiger partial charge in [0, 0.05) is 5.92 Å². The predicted molar refractivity (Wildman–Crippen MR) is 67.2 cm³/mol. The molecule has 4 heteroatoms. The summed E-state index contributed by atoms with van der Waals surface area (Å²) in [5.41, 5.74) is 10.6. The van der Waals surface area contributed by atoms with E-state index in [-0.39, 0.29) is 0 Å². The minimum absolute atomic E-state index is 0.548. The predicted octanol–water partition coefficient (Wildman–Crippen LogP) is 2.34. The van der Waals surface area contributed by atoms with E-state index in [0.717, 1.165) is 11.4 Å². The van der Waals surface area contributed by atoms with Crippen LogP contribution in [0.15, 0.2) is 18.2 Å². The molecule has 1 fully saturated rings. The molecule has 1 aliphatic rings. The Morgan fingerprint density at radius 1 is 1.24 bits per heavy atom. The van der Waals surface area contributed by atoms with E-state index >= 15 is 0 Å². The molecule has 1 aromatic carbocycles. The Labute approximate surface area is 100 Å². The van der Waals surface area contributed by atoms with E-state index in [2.05, 4.69) is 42.4 Å². The van der Waals surface area contributed by atoms with Crippen molar-refractivity contribution in [1.29, 1.82) is 0 Å². The van der Waals surface area contributed by atoms with Crippen LogP contribution in [0.3, 0.4) is 0 Å². The first-order chi connectivity index (χ1) is 8.16. The van der Waals surface area contributed by atoms with E-state index in [4.69, 9.17) is 5.73 Å². The fourth-order valence-electron chi connectivity index (χ4n) is 2.09. The summed E-state index contributed by atoms with van der Waals surface area (Å²) in [6.45, 7) is 4.21. The minimum Gasteiger partial charge on any atom is -0.381 e. The summed E-state index contributed by atoms with van der Waals surface area (Å²) in [7, 11) is 0. The van der Waals surface area contributed by atoms with E-state index in [0.29, 0.717) is 11.7 Å². The van der Waals surface area contributed by atoms with Gasteiger partial charge in [-0.3, -0.25) is 0 Å². The van der Waals surface area contributed by atoms with Gasteiger partial charge in [0.1, 0.15) is 0 Å². The van der Waals surface area contributed by atoms with Gasteiger partial charge in [-0.2, -0.15) is 0 Å². The highest BCUT2D eigenvalue weighted by molar-refractivity contribution is 5.46. The van der Waals surface area contributed by atoms with Gasteiger partial charge in [0.25, 0.3) is 0 Å². The van der Waals surface area contributed by atoms with Crippen molar-refractivity contribution >= 4 is 5.82 Å². The average molecular weight is 228 g/mol. The van der Waals surface area contributed by atoms with Gasteiger partial charge < -0.3 is 5.73 Å². The molecule has 0 saturated heterocycles. The second-order valence-corrected chi connectivity index (χ2v) is 4.81. The Bertz CT molecular complexity index is 567. The lowest BCUT2D eigenvalue weighted by Crippen LogP contribution is -2.03. The fraction of sp³-hybridized carbons (Fsp3) is 0.385. The first kappa shape index (κ1) is 10.3. The largest absolute Gasteiger partial charge is 0.381 e. The molecule has 0 unspecified atom stereocenters. The first-order valence-corrected chi connectivity index (χ1v) is 5.95. The number of anilines is 1. The Kier molecular flexibility index (Phi) is 2.18. The summed E-state index contributed by atoms with van der Waals surface area (Å²) in [5, 5.41) is 8.16. The number of rotatable bonds is 2. The maximum Gasteiger partial charge on any atom is 0.169 e. The molecule has 0 radical (unpaired) electrons. The molecule has 1 saturated carbocycles. The van der Waals surface area contributed by atoms with Crippen molar-refractivity contribution in [3.63, 3.8) is 0 Å². The molecule has 17 heavy (non-hydrogen) atoms. The lowest BCUT2D eigenvalue weighted by molar-refractivity contribution is 0.763. The molecule has 1 aromatic heterocycles. The molecule has 4 nitrogen and oxygen atoms in total. The molecule has 88 valence electrons. The van der Waals surface area contributed by atoms with Crippen LogP contribution in [0.5, 0.6) is 0 Å². The van der Waals surface area contributed by atoms with Crippen molar-refractivity contribution in [1.82, 2.24) is 15.0 Å². The Morgan fingerprint density at radius 3 is 2.65 bits per heavy atom. The summed E-state index contributed by atoms with van der Waals surface area (Å²) >= 11 is 0. The van der Waals surface area contributed by atoms with Crippen LogP contribution in [0.1, 0.15) is 35.6 Å². The van der Waals surface area contributed by atoms with Crippen molar-refractivity contribution in [3.05, 3.63) is 35.0 Å². The van der Waals surface area contributed by atoms with Crippen LogP contribution < -0.4 is 5.73 Å². The van der Waals surface area contributed by atoms with E-state index in [1.807, 2.05) is 4.68 Å². The molecule has 1 aliphatic carbocycles. The van der Waals surface area contributed by atoms with Crippen LogP contribution in [0, 0.1) is 13.8 Å². The second kappa shape index (κ2) is 3.58. The summed E-state index contributed by atoms with van der Waals surface area (Å²) < 4.78 is 1.89. The van der Waals surface area contributed by atoms with Gasteiger partial charge in [-0.1, -0.05) is 11.3 Å². The molecule has 0 spiro atoms. The molecule has 0 atom stereocenters. The molecule has 0 bridgehead atoms. The van der Waals surface area contributed by atoms with Crippen LogP contribution in [0.25, 0.3) is 5.69 Å². The molecule has 0 amide bonds. The monoisotopic (exact) mass is 228 g/mol. The third kappa shape index (κ3) is 1.69. The Morgan fingerprint density at radius 2 is 2.00 bits per heavy atom. The third-order valence-electron chi connectivity index (χ3n) is 3.43. The maximum absolute atomic E-state index is 5.89. The number of nitrogen functional groups attached to an aromatic ring is 1. The number of nitrogens with two attached hydrogens (primary N) is 1. The van der Waals surface area contributed by atoms with Gasteiger partial charge in [-0.15, -0.1) is 5.10 Å². The first-order valence-electron chi connectivity index (χ1n) is 5.95. The third-order valence-corrected chi connectivity index (χ3v) is 3.43. The highest BCUT2D eigenvalue weighted by Gasteiger charge is 2.31. The van der Waals surface area contributed by atoms with Crippen LogP contribution in [-0.2, 0) is 0 Å². The zero-order chi connectivity index (χ0) is 12.0. The summed E-state index contributed by atoms with van der Waals surface area (Å²) in [6, 6.07) is 6.32. The fourth-order valence-corrected chi connectivity index (χ4v) is 2.09. The van der Waals surface area contributed by atoms with E-state index in [1.165, 1.54) is 24.0 Å². The van der Waals surface area contributed by atoms with Gasteiger partial charge in [-0.25, -0.2) is 4.68 Å². The van der Waals surface area contributed by atoms with Gasteiger partial charge >= 0.3 is 0 Å². The zero-order valence-electron chi connectivity index (χ0n) is 10.1. The van der Waals surface area contributed by atoms with Crippen molar-refractivity contribution in [2.45, 2.75) is 32.6 Å². The summed E-state index contributed by atoms with van der Waals surface area (Å²) in [6.07, 6.45) is 2.39. The molecular weight excluding hydrogens is 212 g/mol. The van der Waals surface area contributed by atoms with Gasteiger partial charge in [0.2, 0.25) is 0 Å². The number of hydrogen-bond acceptors (Lipinski definition) is 3. The molecule has 3 rings (SSSR count). The molecule has 2 N–H and O–H groups in total. The average Bonchev–Trinajstić information content (AvgIpc) is 3.06. The molecule has 0 aliphatic heterocycles. The van der Waals surface area contributed by atoms with Crippen LogP contribution in [-0.4, -0.2) is 15.0 Å². The highest BCUT2D eigenvalue weighted by Crippen LogP contribution is 2.42. The number of benzene rings is 1. The lowest BCUT2D eigenvalue weighted by Gasteiger charge is -2.08. The smallest absolute Gasteiger partial charge is 0.169 e. The second-order valence-electron chi connectivity index (χ2n) is 4.81. The molecule has 1 heterocycles. The van der Waals surface area contributed by atoms with Gasteiger partial charge in [-0.05, 0) is 49.9 Å². The number of hydrogen-bond donors (Lipinski definition) is 1. The van der Waals surface area contributed by atoms with Crippen LogP contribution >= 0.6 is 0 Å². The highest BCUT2D eigenvalue weighted by atomic mass is 15.4. The number of aromatic nitrogens is 3. The van der Waals surface area contributed by atoms with Crippen molar-refractivity contribution in [3.8, 4) is 5.69 Å². The van der Waals surface area contributed by atoms with Crippen LogP contribution in [0.4, 0.5) is 5.82 Å². The Hall–Kier alpha value is -1.84. The number of aryl methyl sites for hydroxylation is 2. The lowest BCUT2D eigenvalue weighted by atomic mass is 10.1. The van der Waals surface area contributed by atoms with E-state index in [1.54, 1.807) is 0 Å². The van der Waals surface area contributed by atoms with Crippen LogP contribution in [0.2, 0.25) is 0 Å². The molecule has 2 aromatic rings. The molecular formula is C13H16N4. The van der Waals surface area contributed by atoms with Crippen molar-refractivity contribution in [2.75, 3.05) is 5.73 Å². The van der Waals surface area contributed by atoms with Gasteiger partial charge in [0.05, 0.1) is 11.4 Å². The van der Waals surface area contributed by atoms with Crippen molar-refractivity contribution in [2.24, 2.45) is 0 Å². The summed E-state index contributed by atoms with van der Waals surface area (Å²) in [4.78, 5) is 0.